The lowest BCUT2D eigenvalue weighted by atomic mass is 9.87. The van der Waals surface area contributed by atoms with Gasteiger partial charge in [-0.15, -0.1) is 0 Å². The Kier molecular flexibility index (Phi) is 3.85. The molecule has 2 heterocycles. The van der Waals surface area contributed by atoms with Crippen LogP contribution in [0, 0.1) is 0 Å². The smallest absolute Gasteiger partial charge is 0.371 e. The Balaban J connectivity index is 1.59. The lowest BCUT2D eigenvalue weighted by Crippen LogP contribution is -2.28. The first kappa shape index (κ1) is 15.7. The molecular weight excluding hydrogens is 315 g/mol. The number of nitrogens with zero attached hydrogens (tertiary/aromatic N) is 1. The summed E-state index contributed by atoms with van der Waals surface area (Å²) >= 11 is 0. The van der Waals surface area contributed by atoms with Gasteiger partial charge in [0.15, 0.2) is 0 Å². The Bertz CT molecular complexity index is 729. The molecule has 2 nitrogen and oxygen atoms in total. The molecule has 126 valence electrons. The predicted molar refractivity (Wildman–Crippen MR) is 84.5 cm³/mol. The van der Waals surface area contributed by atoms with Gasteiger partial charge in [0, 0.05) is 25.6 Å². The van der Waals surface area contributed by atoms with Gasteiger partial charge in [-0.25, -0.2) is 0 Å². The van der Waals surface area contributed by atoms with Crippen molar-refractivity contribution >= 4 is 0 Å². The molecule has 0 radical (unpaired) electrons. The first-order valence-electron chi connectivity index (χ1n) is 8.09. The molecule has 0 amide bonds. The monoisotopic (exact) mass is 333 g/mol. The molecule has 0 aliphatic carbocycles. The highest BCUT2D eigenvalue weighted by molar-refractivity contribution is 5.41. The highest BCUT2D eigenvalue weighted by atomic mass is 19.4. The van der Waals surface area contributed by atoms with Crippen molar-refractivity contribution in [3.05, 3.63) is 70.8 Å². The van der Waals surface area contributed by atoms with Gasteiger partial charge < -0.3 is 4.74 Å². The van der Waals surface area contributed by atoms with E-state index in [0.29, 0.717) is 5.56 Å². The number of likely N-dealkylation sites (tertiary alicyclic amines) is 1. The number of hydrogen-bond donors (Lipinski definition) is 0. The predicted octanol–water partition coefficient (Wildman–Crippen LogP) is 4.20. The summed E-state index contributed by atoms with van der Waals surface area (Å²) in [5.41, 5.74) is 1.77. The van der Waals surface area contributed by atoms with Crippen LogP contribution in [0.1, 0.15) is 28.2 Å². The van der Waals surface area contributed by atoms with Crippen molar-refractivity contribution in [3.63, 3.8) is 0 Å². The number of rotatable bonds is 2. The quantitative estimate of drug-likeness (QED) is 0.816. The average molecular weight is 333 g/mol. The fourth-order valence-electron chi connectivity index (χ4n) is 3.86. The van der Waals surface area contributed by atoms with E-state index in [1.807, 2.05) is 24.3 Å². The van der Waals surface area contributed by atoms with Gasteiger partial charge in [-0.3, -0.25) is 4.90 Å². The van der Waals surface area contributed by atoms with Crippen LogP contribution in [-0.2, 0) is 24.1 Å². The molecule has 2 atom stereocenters. The molecule has 2 aliphatic rings. The molecule has 5 heteroatoms. The summed E-state index contributed by atoms with van der Waals surface area (Å²) < 4.78 is 45.4. The van der Waals surface area contributed by atoms with Gasteiger partial charge in [-0.2, -0.15) is 13.2 Å². The third-order valence-electron chi connectivity index (χ3n) is 4.95. The maximum Gasteiger partial charge on any atom is 0.416 e. The highest BCUT2D eigenvalue weighted by Gasteiger charge is 2.42. The van der Waals surface area contributed by atoms with Crippen molar-refractivity contribution in [2.75, 3.05) is 13.1 Å². The summed E-state index contributed by atoms with van der Waals surface area (Å²) in [5, 5.41) is 0. The zero-order valence-corrected chi connectivity index (χ0v) is 13.1. The van der Waals surface area contributed by atoms with Crippen LogP contribution < -0.4 is 0 Å². The van der Waals surface area contributed by atoms with Gasteiger partial charge in [-0.05, 0) is 22.8 Å². The third-order valence-corrected chi connectivity index (χ3v) is 4.95. The van der Waals surface area contributed by atoms with E-state index in [2.05, 4.69) is 17.0 Å². The molecule has 0 unspecified atom stereocenters. The Morgan fingerprint density at radius 3 is 2.54 bits per heavy atom. The summed E-state index contributed by atoms with van der Waals surface area (Å²) in [7, 11) is 0. The lowest BCUT2D eigenvalue weighted by Gasteiger charge is -2.29. The molecule has 0 aromatic heterocycles. The van der Waals surface area contributed by atoms with Gasteiger partial charge >= 0.3 is 6.18 Å². The van der Waals surface area contributed by atoms with Crippen molar-refractivity contribution in [2.24, 2.45) is 0 Å². The van der Waals surface area contributed by atoms with Crippen molar-refractivity contribution in [2.45, 2.75) is 31.3 Å². The summed E-state index contributed by atoms with van der Waals surface area (Å²) in [4.78, 5) is 2.26. The van der Waals surface area contributed by atoms with E-state index in [1.54, 1.807) is 0 Å². The van der Waals surface area contributed by atoms with E-state index in [1.165, 1.54) is 11.6 Å². The summed E-state index contributed by atoms with van der Waals surface area (Å²) in [5.74, 6) is 0.0137. The van der Waals surface area contributed by atoms with Gasteiger partial charge in [-0.1, -0.05) is 42.5 Å². The van der Waals surface area contributed by atoms with E-state index < -0.39 is 11.7 Å². The largest absolute Gasteiger partial charge is 0.416 e. The second-order valence-electron chi connectivity index (χ2n) is 6.51. The molecule has 2 aromatic carbocycles. The van der Waals surface area contributed by atoms with Gasteiger partial charge in [0.1, 0.15) is 0 Å². The van der Waals surface area contributed by atoms with Crippen LogP contribution in [0.3, 0.4) is 0 Å². The standard InChI is InChI=1S/C19H18F3NO/c20-19(21,22)17-8-4-7-14-15-10-23(9-13-5-2-1-3-6-13)11-18(15)24-12-16(14)17/h1-8,15,18H,9-12H2/t15-,18+/m0/s1. The van der Waals surface area contributed by atoms with Gasteiger partial charge in [0.2, 0.25) is 0 Å². The maximum atomic E-state index is 13.2. The van der Waals surface area contributed by atoms with E-state index in [9.17, 15) is 13.2 Å². The number of benzene rings is 2. The van der Waals surface area contributed by atoms with E-state index in [0.717, 1.165) is 31.3 Å². The maximum absolute atomic E-state index is 13.2. The van der Waals surface area contributed by atoms with Crippen LogP contribution in [-0.4, -0.2) is 24.1 Å². The Morgan fingerprint density at radius 1 is 1.00 bits per heavy atom. The molecule has 24 heavy (non-hydrogen) atoms. The number of halogens is 3. The van der Waals surface area contributed by atoms with E-state index in [-0.39, 0.29) is 18.6 Å². The Hall–Kier alpha value is -1.85. The van der Waals surface area contributed by atoms with Crippen LogP contribution in [0.5, 0.6) is 0 Å². The molecular formula is C19H18F3NO. The summed E-state index contributed by atoms with van der Waals surface area (Å²) in [6.45, 7) is 2.33. The number of hydrogen-bond acceptors (Lipinski definition) is 2. The number of alkyl halides is 3. The zero-order chi connectivity index (χ0) is 16.7. The molecule has 0 saturated carbocycles. The van der Waals surface area contributed by atoms with Crippen LogP contribution >= 0.6 is 0 Å². The lowest BCUT2D eigenvalue weighted by molar-refractivity contribution is -0.139. The van der Waals surface area contributed by atoms with Crippen LogP contribution in [0.4, 0.5) is 13.2 Å². The Morgan fingerprint density at radius 2 is 1.79 bits per heavy atom. The second-order valence-corrected chi connectivity index (χ2v) is 6.51. The topological polar surface area (TPSA) is 12.5 Å². The fraction of sp³-hybridized carbons (Fsp3) is 0.368. The molecule has 4 rings (SSSR count). The van der Waals surface area contributed by atoms with Crippen LogP contribution in [0.2, 0.25) is 0 Å². The zero-order valence-electron chi connectivity index (χ0n) is 13.1. The SMILES string of the molecule is FC(F)(F)c1cccc2c1CO[C@@H]1CN(Cc3ccccc3)C[C@@H]21. The summed E-state index contributed by atoms with van der Waals surface area (Å²) in [6.07, 6.45) is -4.35. The highest BCUT2D eigenvalue weighted by Crippen LogP contribution is 2.42. The Labute approximate surface area is 138 Å². The van der Waals surface area contributed by atoms with Crippen LogP contribution in [0.25, 0.3) is 0 Å². The summed E-state index contributed by atoms with van der Waals surface area (Å²) in [6, 6.07) is 14.6. The normalized spacial score (nSPS) is 23.8. The van der Waals surface area contributed by atoms with Crippen molar-refractivity contribution in [1.82, 2.24) is 4.90 Å². The van der Waals surface area contributed by atoms with E-state index in [4.69, 9.17) is 4.74 Å². The van der Waals surface area contributed by atoms with Gasteiger partial charge in [0.25, 0.3) is 0 Å². The van der Waals surface area contributed by atoms with E-state index >= 15 is 0 Å². The van der Waals surface area contributed by atoms with Gasteiger partial charge in [0.05, 0.1) is 18.3 Å². The average Bonchev–Trinajstić information content (AvgIpc) is 2.97. The molecule has 2 aliphatic heterocycles. The second kappa shape index (κ2) is 5.90. The van der Waals surface area contributed by atoms with Crippen LogP contribution in [0.15, 0.2) is 48.5 Å². The molecule has 0 spiro atoms. The minimum Gasteiger partial charge on any atom is -0.371 e. The van der Waals surface area contributed by atoms with Crippen molar-refractivity contribution < 1.29 is 17.9 Å². The third kappa shape index (κ3) is 2.82. The fourth-order valence-corrected chi connectivity index (χ4v) is 3.86. The molecule has 1 saturated heterocycles. The van der Waals surface area contributed by atoms with Crippen molar-refractivity contribution in [3.8, 4) is 0 Å². The first-order chi connectivity index (χ1) is 11.5. The minimum atomic E-state index is -4.33. The molecule has 1 fully saturated rings. The molecule has 0 N–H and O–H groups in total. The number of fused-ring (bicyclic) bond motifs is 3. The number of ether oxygens (including phenoxy) is 1. The molecule has 2 aromatic rings. The minimum absolute atomic E-state index is 0.0137. The van der Waals surface area contributed by atoms with Crippen molar-refractivity contribution in [1.29, 1.82) is 0 Å². The first-order valence-corrected chi connectivity index (χ1v) is 8.09. The molecule has 0 bridgehead atoms.